The Bertz CT molecular complexity index is 316. The van der Waals surface area contributed by atoms with E-state index in [2.05, 4.69) is 4.72 Å². The molecule has 0 amide bonds. The van der Waals surface area contributed by atoms with Crippen LogP contribution in [0.4, 0.5) is 0 Å². The van der Waals surface area contributed by atoms with Crippen molar-refractivity contribution < 1.29 is 13.5 Å². The number of nitrogens with zero attached hydrogens (tertiary/aromatic N) is 1. The average Bonchev–Trinajstić information content (AvgIpc) is 2.20. The SMILES string of the molecule is CC(C)N(C)S(=O)(=O)N[C@H]1CCCC[C@@H]1O. The molecular formula is C10H22N2O3S. The van der Waals surface area contributed by atoms with Gasteiger partial charge in [0.15, 0.2) is 0 Å². The molecule has 0 aromatic rings. The second-order valence-corrected chi connectivity index (χ2v) is 6.45. The van der Waals surface area contributed by atoms with Crippen molar-refractivity contribution >= 4 is 10.2 Å². The van der Waals surface area contributed by atoms with Crippen molar-refractivity contribution in [2.45, 2.75) is 57.7 Å². The lowest BCUT2D eigenvalue weighted by Gasteiger charge is -2.30. The molecule has 6 heteroatoms. The van der Waals surface area contributed by atoms with Crippen molar-refractivity contribution in [3.8, 4) is 0 Å². The van der Waals surface area contributed by atoms with Gasteiger partial charge in [-0.05, 0) is 26.7 Å². The Morgan fingerprint density at radius 3 is 2.38 bits per heavy atom. The predicted molar refractivity (Wildman–Crippen MR) is 63.2 cm³/mol. The summed E-state index contributed by atoms with van der Waals surface area (Å²) < 4.78 is 27.6. The highest BCUT2D eigenvalue weighted by Crippen LogP contribution is 2.19. The molecule has 96 valence electrons. The van der Waals surface area contributed by atoms with Gasteiger partial charge >= 0.3 is 0 Å². The van der Waals surface area contributed by atoms with E-state index < -0.39 is 16.3 Å². The van der Waals surface area contributed by atoms with Gasteiger partial charge in [0, 0.05) is 19.1 Å². The van der Waals surface area contributed by atoms with Crippen LogP contribution >= 0.6 is 0 Å². The number of aliphatic hydroxyl groups is 1. The minimum atomic E-state index is -3.47. The molecular weight excluding hydrogens is 228 g/mol. The Labute approximate surface area is 98.0 Å². The maximum Gasteiger partial charge on any atom is 0.279 e. The minimum absolute atomic E-state index is 0.0850. The molecule has 5 nitrogen and oxygen atoms in total. The first-order chi connectivity index (χ1) is 7.34. The molecule has 0 aliphatic heterocycles. The van der Waals surface area contributed by atoms with Crippen LogP contribution in [0.25, 0.3) is 0 Å². The summed E-state index contributed by atoms with van der Waals surface area (Å²) in [6.07, 6.45) is 2.78. The molecule has 2 atom stereocenters. The third-order valence-electron chi connectivity index (χ3n) is 3.14. The number of rotatable bonds is 4. The standard InChI is InChI=1S/C10H22N2O3S/c1-8(2)12(3)16(14,15)11-9-6-4-5-7-10(9)13/h8-11,13H,4-7H2,1-3H3/t9-,10-/m0/s1. The van der Waals surface area contributed by atoms with Gasteiger partial charge in [0.1, 0.15) is 0 Å². The first-order valence-electron chi connectivity index (χ1n) is 5.78. The third kappa shape index (κ3) is 3.41. The third-order valence-corrected chi connectivity index (χ3v) is 4.92. The van der Waals surface area contributed by atoms with Crippen molar-refractivity contribution in [2.24, 2.45) is 0 Å². The van der Waals surface area contributed by atoms with E-state index in [9.17, 15) is 13.5 Å². The Hall–Kier alpha value is -0.170. The zero-order valence-corrected chi connectivity index (χ0v) is 11.0. The van der Waals surface area contributed by atoms with E-state index in [-0.39, 0.29) is 12.1 Å². The van der Waals surface area contributed by atoms with Gasteiger partial charge < -0.3 is 5.11 Å². The van der Waals surface area contributed by atoms with Gasteiger partial charge in [0.25, 0.3) is 10.2 Å². The molecule has 0 spiro atoms. The molecule has 0 heterocycles. The molecule has 0 aromatic carbocycles. The maximum atomic E-state index is 11.9. The van der Waals surface area contributed by atoms with Crippen LogP contribution in [-0.4, -0.2) is 43.1 Å². The Kier molecular flexibility index (Phi) is 4.73. The van der Waals surface area contributed by atoms with Gasteiger partial charge in [-0.15, -0.1) is 0 Å². The fourth-order valence-electron chi connectivity index (χ4n) is 1.80. The van der Waals surface area contributed by atoms with Crippen LogP contribution in [0.1, 0.15) is 39.5 Å². The number of aliphatic hydroxyl groups excluding tert-OH is 1. The van der Waals surface area contributed by atoms with Gasteiger partial charge in [0.05, 0.1) is 6.10 Å². The van der Waals surface area contributed by atoms with Crippen molar-refractivity contribution in [3.05, 3.63) is 0 Å². The number of hydrogen-bond donors (Lipinski definition) is 2. The number of nitrogens with one attached hydrogen (secondary N) is 1. The summed E-state index contributed by atoms with van der Waals surface area (Å²) in [7, 11) is -1.92. The van der Waals surface area contributed by atoms with Crippen molar-refractivity contribution in [1.29, 1.82) is 0 Å². The van der Waals surface area contributed by atoms with E-state index in [4.69, 9.17) is 0 Å². The lowest BCUT2D eigenvalue weighted by molar-refractivity contribution is 0.100. The second kappa shape index (κ2) is 5.44. The molecule has 0 bridgehead atoms. The summed E-state index contributed by atoms with van der Waals surface area (Å²) >= 11 is 0. The summed E-state index contributed by atoms with van der Waals surface area (Å²) in [5.41, 5.74) is 0. The monoisotopic (exact) mass is 250 g/mol. The zero-order chi connectivity index (χ0) is 12.3. The molecule has 1 aliphatic rings. The summed E-state index contributed by atoms with van der Waals surface area (Å²) in [4.78, 5) is 0. The summed E-state index contributed by atoms with van der Waals surface area (Å²) in [5, 5.41) is 9.71. The normalized spacial score (nSPS) is 27.6. The smallest absolute Gasteiger partial charge is 0.279 e. The van der Waals surface area contributed by atoms with E-state index in [1.54, 1.807) is 7.05 Å². The van der Waals surface area contributed by atoms with E-state index in [1.807, 2.05) is 13.8 Å². The quantitative estimate of drug-likeness (QED) is 0.762. The molecule has 1 fully saturated rings. The number of hydrogen-bond acceptors (Lipinski definition) is 3. The molecule has 1 saturated carbocycles. The Morgan fingerprint density at radius 1 is 1.31 bits per heavy atom. The predicted octanol–water partition coefficient (Wildman–Crippen LogP) is 0.464. The highest BCUT2D eigenvalue weighted by molar-refractivity contribution is 7.87. The van der Waals surface area contributed by atoms with Crippen LogP contribution in [0.5, 0.6) is 0 Å². The van der Waals surface area contributed by atoms with Gasteiger partial charge in [0.2, 0.25) is 0 Å². The van der Waals surface area contributed by atoms with Crippen molar-refractivity contribution in [1.82, 2.24) is 9.03 Å². The van der Waals surface area contributed by atoms with Crippen LogP contribution in [0.2, 0.25) is 0 Å². The Morgan fingerprint density at radius 2 is 1.88 bits per heavy atom. The molecule has 1 rings (SSSR count). The van der Waals surface area contributed by atoms with Gasteiger partial charge in [-0.25, -0.2) is 0 Å². The first kappa shape index (κ1) is 13.9. The van der Waals surface area contributed by atoms with E-state index in [0.29, 0.717) is 12.8 Å². The van der Waals surface area contributed by atoms with Gasteiger partial charge in [-0.3, -0.25) is 0 Å². The highest BCUT2D eigenvalue weighted by Gasteiger charge is 2.29. The lowest BCUT2D eigenvalue weighted by atomic mass is 9.93. The molecule has 0 aromatic heterocycles. The second-order valence-electron chi connectivity index (χ2n) is 4.69. The molecule has 0 radical (unpaired) electrons. The molecule has 1 aliphatic carbocycles. The van der Waals surface area contributed by atoms with Crippen LogP contribution in [-0.2, 0) is 10.2 Å². The fraction of sp³-hybridized carbons (Fsp3) is 1.00. The first-order valence-corrected chi connectivity index (χ1v) is 7.22. The Balaban J connectivity index is 2.64. The van der Waals surface area contributed by atoms with Crippen LogP contribution in [0.3, 0.4) is 0 Å². The molecule has 2 N–H and O–H groups in total. The van der Waals surface area contributed by atoms with Crippen LogP contribution in [0, 0.1) is 0 Å². The van der Waals surface area contributed by atoms with Crippen molar-refractivity contribution in [3.63, 3.8) is 0 Å². The summed E-state index contributed by atoms with van der Waals surface area (Å²) in [6.45, 7) is 3.63. The van der Waals surface area contributed by atoms with Gasteiger partial charge in [-0.2, -0.15) is 17.4 Å². The van der Waals surface area contributed by atoms with Crippen molar-refractivity contribution in [2.75, 3.05) is 7.05 Å². The summed E-state index contributed by atoms with van der Waals surface area (Å²) in [5.74, 6) is 0. The molecule has 0 saturated heterocycles. The fourth-order valence-corrected chi connectivity index (χ4v) is 3.18. The highest BCUT2D eigenvalue weighted by atomic mass is 32.2. The molecule has 16 heavy (non-hydrogen) atoms. The topological polar surface area (TPSA) is 69.6 Å². The van der Waals surface area contributed by atoms with Crippen LogP contribution in [0.15, 0.2) is 0 Å². The largest absolute Gasteiger partial charge is 0.391 e. The zero-order valence-electron chi connectivity index (χ0n) is 10.2. The van der Waals surface area contributed by atoms with E-state index in [1.165, 1.54) is 4.31 Å². The maximum absolute atomic E-state index is 11.9. The minimum Gasteiger partial charge on any atom is -0.391 e. The van der Waals surface area contributed by atoms with Gasteiger partial charge in [-0.1, -0.05) is 12.8 Å². The summed E-state index contributed by atoms with van der Waals surface area (Å²) in [6, 6.07) is -0.418. The average molecular weight is 250 g/mol. The lowest BCUT2D eigenvalue weighted by Crippen LogP contribution is -2.51. The van der Waals surface area contributed by atoms with Crippen LogP contribution < -0.4 is 4.72 Å². The molecule has 0 unspecified atom stereocenters. The van der Waals surface area contributed by atoms with E-state index >= 15 is 0 Å². The van der Waals surface area contributed by atoms with E-state index in [0.717, 1.165) is 12.8 Å².